The van der Waals surface area contributed by atoms with Crippen LogP contribution in [0.3, 0.4) is 0 Å². The molecular weight excluding hydrogens is 256 g/mol. The first-order valence-electron chi connectivity index (χ1n) is 5.07. The van der Waals surface area contributed by atoms with Crippen LogP contribution in [0.5, 0.6) is 0 Å². The van der Waals surface area contributed by atoms with Crippen molar-refractivity contribution in [3.8, 4) is 6.07 Å². The standard InChI is InChI=1S/C12H9F2N3S/c13-8-2-1-7(9(14)3-8)6-17-12-4-10(16)11(5-15)18-12/h1-4,17H,6,16H2. The summed E-state index contributed by atoms with van der Waals surface area (Å²) in [6.45, 7) is 0.205. The van der Waals surface area contributed by atoms with Gasteiger partial charge in [-0.2, -0.15) is 5.26 Å². The van der Waals surface area contributed by atoms with Crippen LogP contribution in [-0.4, -0.2) is 0 Å². The number of nitrogen functional groups attached to an aromatic ring is 1. The lowest BCUT2D eigenvalue weighted by molar-refractivity contribution is 0.574. The van der Waals surface area contributed by atoms with E-state index in [9.17, 15) is 8.78 Å². The molecule has 2 aromatic rings. The monoisotopic (exact) mass is 265 g/mol. The lowest BCUT2D eigenvalue weighted by atomic mass is 10.2. The number of nitrogens with two attached hydrogens (primary N) is 1. The molecule has 3 N–H and O–H groups in total. The number of thiophene rings is 1. The highest BCUT2D eigenvalue weighted by Crippen LogP contribution is 2.28. The number of benzene rings is 1. The summed E-state index contributed by atoms with van der Waals surface area (Å²) in [5.74, 6) is -1.21. The number of hydrogen-bond acceptors (Lipinski definition) is 4. The Labute approximate surface area is 106 Å². The number of halogens is 2. The van der Waals surface area contributed by atoms with E-state index in [0.717, 1.165) is 6.07 Å². The minimum atomic E-state index is -0.608. The van der Waals surface area contributed by atoms with Crippen molar-refractivity contribution in [3.63, 3.8) is 0 Å². The zero-order valence-electron chi connectivity index (χ0n) is 9.21. The van der Waals surface area contributed by atoms with Gasteiger partial charge < -0.3 is 11.1 Å². The first-order valence-corrected chi connectivity index (χ1v) is 5.89. The van der Waals surface area contributed by atoms with Crippen LogP contribution in [0.4, 0.5) is 19.5 Å². The SMILES string of the molecule is N#Cc1sc(NCc2ccc(F)cc2F)cc1N. The molecule has 6 heteroatoms. The maximum absolute atomic E-state index is 13.4. The molecule has 0 aliphatic rings. The van der Waals surface area contributed by atoms with Crippen LogP contribution in [0, 0.1) is 23.0 Å². The Morgan fingerprint density at radius 1 is 1.33 bits per heavy atom. The lowest BCUT2D eigenvalue weighted by Gasteiger charge is -2.04. The molecule has 3 nitrogen and oxygen atoms in total. The van der Waals surface area contributed by atoms with E-state index in [2.05, 4.69) is 5.32 Å². The summed E-state index contributed by atoms with van der Waals surface area (Å²) in [6, 6.07) is 6.98. The maximum Gasteiger partial charge on any atom is 0.131 e. The van der Waals surface area contributed by atoms with Gasteiger partial charge in [-0.1, -0.05) is 6.07 Å². The van der Waals surface area contributed by atoms with E-state index in [1.165, 1.54) is 23.5 Å². The van der Waals surface area contributed by atoms with Gasteiger partial charge in [0.15, 0.2) is 0 Å². The maximum atomic E-state index is 13.4. The van der Waals surface area contributed by atoms with E-state index in [0.29, 0.717) is 21.1 Å². The van der Waals surface area contributed by atoms with Gasteiger partial charge in [0, 0.05) is 18.2 Å². The second-order valence-electron chi connectivity index (χ2n) is 3.60. The van der Waals surface area contributed by atoms with Crippen LogP contribution in [0.2, 0.25) is 0 Å². The summed E-state index contributed by atoms with van der Waals surface area (Å²) in [6.07, 6.45) is 0. The summed E-state index contributed by atoms with van der Waals surface area (Å²) in [7, 11) is 0. The molecule has 92 valence electrons. The van der Waals surface area contributed by atoms with Crippen molar-refractivity contribution >= 4 is 22.0 Å². The number of anilines is 2. The number of nitrogens with one attached hydrogen (secondary N) is 1. The van der Waals surface area contributed by atoms with Gasteiger partial charge in [-0.15, -0.1) is 11.3 Å². The molecule has 1 aromatic heterocycles. The van der Waals surface area contributed by atoms with E-state index < -0.39 is 11.6 Å². The zero-order valence-corrected chi connectivity index (χ0v) is 10.0. The normalized spacial score (nSPS) is 10.1. The van der Waals surface area contributed by atoms with Crippen molar-refractivity contribution in [1.82, 2.24) is 0 Å². The van der Waals surface area contributed by atoms with Crippen molar-refractivity contribution in [2.75, 3.05) is 11.1 Å². The van der Waals surface area contributed by atoms with Gasteiger partial charge in [-0.05, 0) is 12.1 Å². The van der Waals surface area contributed by atoms with Crippen molar-refractivity contribution in [1.29, 1.82) is 5.26 Å². The van der Waals surface area contributed by atoms with Gasteiger partial charge >= 0.3 is 0 Å². The summed E-state index contributed by atoms with van der Waals surface area (Å²) in [5.41, 5.74) is 6.34. The molecule has 0 aliphatic carbocycles. The molecule has 0 fully saturated rings. The third-order valence-electron chi connectivity index (χ3n) is 2.33. The molecule has 0 spiro atoms. The molecule has 0 unspecified atom stereocenters. The van der Waals surface area contributed by atoms with Crippen LogP contribution in [0.1, 0.15) is 10.4 Å². The molecule has 0 saturated carbocycles. The minimum Gasteiger partial charge on any atom is -0.397 e. The fourth-order valence-corrected chi connectivity index (χ4v) is 2.20. The van der Waals surface area contributed by atoms with Crippen molar-refractivity contribution < 1.29 is 8.78 Å². The average molecular weight is 265 g/mol. The largest absolute Gasteiger partial charge is 0.397 e. The molecule has 0 amide bonds. The predicted octanol–water partition coefficient (Wildman–Crippen LogP) is 3.09. The Balaban J connectivity index is 2.09. The molecule has 2 rings (SSSR count). The van der Waals surface area contributed by atoms with Gasteiger partial charge in [0.1, 0.15) is 22.6 Å². The molecule has 0 saturated heterocycles. The molecule has 0 bridgehead atoms. The highest BCUT2D eigenvalue weighted by molar-refractivity contribution is 7.17. The van der Waals surface area contributed by atoms with E-state index in [4.69, 9.17) is 11.0 Å². The van der Waals surface area contributed by atoms with Gasteiger partial charge in [-0.25, -0.2) is 8.78 Å². The smallest absolute Gasteiger partial charge is 0.131 e. The van der Waals surface area contributed by atoms with E-state index in [1.807, 2.05) is 6.07 Å². The van der Waals surface area contributed by atoms with Gasteiger partial charge in [-0.3, -0.25) is 0 Å². The van der Waals surface area contributed by atoms with Gasteiger partial charge in [0.25, 0.3) is 0 Å². The Morgan fingerprint density at radius 2 is 2.11 bits per heavy atom. The average Bonchev–Trinajstić information content (AvgIpc) is 2.69. The summed E-state index contributed by atoms with van der Waals surface area (Å²) < 4.78 is 26.1. The van der Waals surface area contributed by atoms with Crippen LogP contribution in [0.25, 0.3) is 0 Å². The fourth-order valence-electron chi connectivity index (χ4n) is 1.43. The Kier molecular flexibility index (Phi) is 3.44. The highest BCUT2D eigenvalue weighted by Gasteiger charge is 2.07. The molecular formula is C12H9F2N3S. The first-order chi connectivity index (χ1) is 8.60. The molecule has 0 atom stereocenters. The van der Waals surface area contributed by atoms with Crippen molar-refractivity contribution in [2.24, 2.45) is 0 Å². The molecule has 0 radical (unpaired) electrons. The highest BCUT2D eigenvalue weighted by atomic mass is 32.1. The number of rotatable bonds is 3. The quantitative estimate of drug-likeness (QED) is 0.896. The summed E-state index contributed by atoms with van der Waals surface area (Å²) in [4.78, 5) is 0.414. The summed E-state index contributed by atoms with van der Waals surface area (Å²) in [5, 5.41) is 12.4. The Hall–Kier alpha value is -2.13. The second kappa shape index (κ2) is 5.02. The topological polar surface area (TPSA) is 61.8 Å². The van der Waals surface area contributed by atoms with E-state index >= 15 is 0 Å². The number of nitriles is 1. The third kappa shape index (κ3) is 2.57. The van der Waals surface area contributed by atoms with Crippen LogP contribution in [-0.2, 0) is 6.54 Å². The Morgan fingerprint density at radius 3 is 2.72 bits per heavy atom. The lowest BCUT2D eigenvalue weighted by Crippen LogP contribution is -2.00. The van der Waals surface area contributed by atoms with Crippen molar-refractivity contribution in [2.45, 2.75) is 6.54 Å². The summed E-state index contributed by atoms with van der Waals surface area (Å²) >= 11 is 1.19. The molecule has 1 aromatic carbocycles. The zero-order chi connectivity index (χ0) is 13.1. The van der Waals surface area contributed by atoms with Gasteiger partial charge in [0.05, 0.1) is 10.7 Å². The minimum absolute atomic E-state index is 0.205. The number of nitrogens with zero attached hydrogens (tertiary/aromatic N) is 1. The van der Waals surface area contributed by atoms with Crippen LogP contribution < -0.4 is 11.1 Å². The van der Waals surface area contributed by atoms with E-state index in [1.54, 1.807) is 6.07 Å². The van der Waals surface area contributed by atoms with E-state index in [-0.39, 0.29) is 6.54 Å². The molecule has 0 aliphatic heterocycles. The number of hydrogen-bond donors (Lipinski definition) is 2. The van der Waals surface area contributed by atoms with Crippen LogP contribution >= 0.6 is 11.3 Å². The fraction of sp³-hybridized carbons (Fsp3) is 0.0833. The van der Waals surface area contributed by atoms with Crippen LogP contribution in [0.15, 0.2) is 24.3 Å². The van der Waals surface area contributed by atoms with Crippen molar-refractivity contribution in [3.05, 3.63) is 46.3 Å². The third-order valence-corrected chi connectivity index (χ3v) is 3.34. The molecule has 1 heterocycles. The Bertz CT molecular complexity index is 616. The molecule has 18 heavy (non-hydrogen) atoms. The first kappa shape index (κ1) is 12.3. The predicted molar refractivity (Wildman–Crippen MR) is 67.1 cm³/mol. The van der Waals surface area contributed by atoms with Gasteiger partial charge in [0.2, 0.25) is 0 Å². The second-order valence-corrected chi connectivity index (χ2v) is 4.65.